The lowest BCUT2D eigenvalue weighted by atomic mass is 9.69. The average Bonchev–Trinajstić information content (AvgIpc) is 3.11. The van der Waals surface area contributed by atoms with Gasteiger partial charge in [0.25, 0.3) is 0 Å². The Morgan fingerprint density at radius 2 is 2.11 bits per heavy atom. The molecular weight excluding hydrogens is 358 g/mol. The molecule has 152 valence electrons. The van der Waals surface area contributed by atoms with Gasteiger partial charge in [0.05, 0.1) is 24.2 Å². The van der Waals surface area contributed by atoms with E-state index >= 15 is 0 Å². The van der Waals surface area contributed by atoms with Crippen LogP contribution in [0.25, 0.3) is 0 Å². The second kappa shape index (κ2) is 6.41. The highest BCUT2D eigenvalue weighted by Gasteiger charge is 2.81. The highest BCUT2D eigenvalue weighted by molar-refractivity contribution is 6.69. The Kier molecular flexibility index (Phi) is 4.66. The molecule has 0 radical (unpaired) electrons. The topological polar surface area (TPSA) is 48.0 Å². The van der Waals surface area contributed by atoms with Crippen LogP contribution in [0.5, 0.6) is 0 Å². The number of nitrogens with zero attached hydrogens (tertiary/aromatic N) is 1. The number of hydrogen-bond donors (Lipinski definition) is 0. The summed E-state index contributed by atoms with van der Waals surface area (Å²) in [6.07, 6.45) is 8.00. The molecule has 5 fully saturated rings. The highest BCUT2D eigenvalue weighted by atomic mass is 28.4. The van der Waals surface area contributed by atoms with Crippen LogP contribution in [0.4, 0.5) is 0 Å². The molecule has 0 spiro atoms. The molecule has 27 heavy (non-hydrogen) atoms. The van der Waals surface area contributed by atoms with Gasteiger partial charge in [-0.2, -0.15) is 0 Å². The molecule has 6 bridgehead atoms. The van der Waals surface area contributed by atoms with Gasteiger partial charge in [0.2, 0.25) is 0 Å². The van der Waals surface area contributed by atoms with Gasteiger partial charge in [-0.05, 0) is 52.4 Å². The summed E-state index contributed by atoms with van der Waals surface area (Å²) in [5.74, 6) is -0.642. The summed E-state index contributed by atoms with van der Waals surface area (Å²) < 4.78 is 19.1. The Bertz CT molecular complexity index is 647. The van der Waals surface area contributed by atoms with E-state index in [9.17, 15) is 4.79 Å². The first-order chi connectivity index (χ1) is 12.7. The summed E-state index contributed by atoms with van der Waals surface area (Å²) in [5, 5.41) is 0. The third-order valence-electron chi connectivity index (χ3n) is 7.06. The molecule has 0 N–H and O–H groups in total. The van der Waals surface area contributed by atoms with Crippen LogP contribution in [0.2, 0.25) is 19.6 Å². The molecule has 5 aliphatic heterocycles. The fraction of sp³-hybridized carbons (Fsp3) is 0.857. The zero-order valence-corrected chi connectivity index (χ0v) is 18.7. The normalized spacial score (nSPS) is 45.8. The Hall–Kier alpha value is -0.693. The third kappa shape index (κ3) is 2.56. The van der Waals surface area contributed by atoms with Crippen molar-refractivity contribution in [3.63, 3.8) is 0 Å². The number of piperidine rings is 1. The van der Waals surface area contributed by atoms with Crippen LogP contribution in [-0.4, -0.2) is 55.8 Å². The molecule has 0 saturated carbocycles. The summed E-state index contributed by atoms with van der Waals surface area (Å²) >= 11 is 0. The van der Waals surface area contributed by atoms with Gasteiger partial charge >= 0.3 is 5.97 Å². The van der Waals surface area contributed by atoms with Gasteiger partial charge in [-0.15, -0.1) is 0 Å². The van der Waals surface area contributed by atoms with E-state index in [0.717, 1.165) is 25.8 Å². The molecule has 5 nitrogen and oxygen atoms in total. The molecule has 0 amide bonds. The molecule has 0 aromatic carbocycles. The molecule has 8 atom stereocenters. The maximum Gasteiger partial charge on any atom is 0.309 e. The van der Waals surface area contributed by atoms with Crippen molar-refractivity contribution < 1.29 is 18.7 Å². The Morgan fingerprint density at radius 3 is 2.74 bits per heavy atom. The van der Waals surface area contributed by atoms with Gasteiger partial charge in [0.1, 0.15) is 0 Å². The maximum atomic E-state index is 12.7. The number of ether oxygens (including phenoxy) is 2. The molecule has 6 heteroatoms. The van der Waals surface area contributed by atoms with Gasteiger partial charge in [-0.1, -0.05) is 26.0 Å². The fourth-order valence-corrected chi connectivity index (χ4v) is 7.83. The second-order valence-corrected chi connectivity index (χ2v) is 14.1. The Morgan fingerprint density at radius 1 is 1.37 bits per heavy atom. The Labute approximate surface area is 164 Å². The van der Waals surface area contributed by atoms with Crippen LogP contribution in [0, 0.1) is 17.8 Å². The molecule has 5 aliphatic rings. The number of hydrogen-bond acceptors (Lipinski definition) is 5. The van der Waals surface area contributed by atoms with Crippen molar-refractivity contribution in [3.05, 3.63) is 12.2 Å². The van der Waals surface area contributed by atoms with Crippen molar-refractivity contribution in [2.75, 3.05) is 13.2 Å². The summed E-state index contributed by atoms with van der Waals surface area (Å²) in [4.78, 5) is 15.4. The van der Waals surface area contributed by atoms with Crippen LogP contribution >= 0.6 is 0 Å². The standard InChI is InChI=1S/C21H35NO4Si/c1-7-9-11-20-16-10-12-22(20)15-13-17(20)25-21(16,26-27(4,5)6)18(15)14(3)19(23)24-8-2/h9,11,14-18H,7-8,10,12-13H2,1-6H3/b11-9+/t14-,15-,16-,17-,18+,20-,21+/m0/s1. The zero-order chi connectivity index (χ0) is 19.6. The zero-order valence-electron chi connectivity index (χ0n) is 17.7. The molecule has 0 aliphatic carbocycles. The number of esters is 1. The predicted molar refractivity (Wildman–Crippen MR) is 107 cm³/mol. The van der Waals surface area contributed by atoms with Crippen LogP contribution in [-0.2, 0) is 18.7 Å². The molecule has 1 unspecified atom stereocenters. The number of allylic oxidation sites excluding steroid dienone is 1. The van der Waals surface area contributed by atoms with Crippen LogP contribution in [0.3, 0.4) is 0 Å². The number of carbonyl (C=O) groups is 1. The van der Waals surface area contributed by atoms with E-state index in [1.807, 2.05) is 13.8 Å². The minimum Gasteiger partial charge on any atom is -0.466 e. The quantitative estimate of drug-likeness (QED) is 0.376. The van der Waals surface area contributed by atoms with Gasteiger partial charge in [0, 0.05) is 17.9 Å². The van der Waals surface area contributed by atoms with Crippen molar-refractivity contribution in [2.45, 2.75) is 83.1 Å². The molecule has 5 saturated heterocycles. The monoisotopic (exact) mass is 393 g/mol. The number of rotatable bonds is 7. The summed E-state index contributed by atoms with van der Waals surface area (Å²) in [6.45, 7) is 14.3. The first kappa shape index (κ1) is 19.6. The lowest BCUT2D eigenvalue weighted by Gasteiger charge is -2.54. The van der Waals surface area contributed by atoms with Gasteiger partial charge in [0.15, 0.2) is 14.1 Å². The predicted octanol–water partition coefficient (Wildman–Crippen LogP) is 3.56. The minimum absolute atomic E-state index is 0.0365. The highest BCUT2D eigenvalue weighted by Crippen LogP contribution is 2.69. The Balaban J connectivity index is 1.79. The minimum atomic E-state index is -1.88. The molecule has 5 heterocycles. The van der Waals surface area contributed by atoms with Crippen LogP contribution < -0.4 is 0 Å². The van der Waals surface area contributed by atoms with E-state index in [-0.39, 0.29) is 29.4 Å². The average molecular weight is 394 g/mol. The van der Waals surface area contributed by atoms with Gasteiger partial charge in [-0.25, -0.2) is 0 Å². The largest absolute Gasteiger partial charge is 0.466 e. The van der Waals surface area contributed by atoms with Crippen molar-refractivity contribution in [1.29, 1.82) is 0 Å². The molecule has 0 aromatic heterocycles. The number of carbonyl (C=O) groups excluding carboxylic acids is 1. The van der Waals surface area contributed by atoms with Crippen molar-refractivity contribution in [2.24, 2.45) is 17.8 Å². The van der Waals surface area contributed by atoms with Crippen LogP contribution in [0.15, 0.2) is 12.2 Å². The summed E-state index contributed by atoms with van der Waals surface area (Å²) in [5.41, 5.74) is -0.0365. The first-order valence-corrected chi connectivity index (χ1v) is 14.1. The van der Waals surface area contributed by atoms with E-state index in [0.29, 0.717) is 18.6 Å². The second-order valence-electron chi connectivity index (χ2n) is 9.64. The van der Waals surface area contributed by atoms with Crippen LogP contribution in [0.1, 0.15) is 40.0 Å². The van der Waals surface area contributed by atoms with E-state index in [4.69, 9.17) is 13.9 Å². The fourth-order valence-electron chi connectivity index (χ4n) is 6.55. The smallest absolute Gasteiger partial charge is 0.309 e. The van der Waals surface area contributed by atoms with Crippen molar-refractivity contribution >= 4 is 14.3 Å². The van der Waals surface area contributed by atoms with E-state index in [1.54, 1.807) is 0 Å². The van der Waals surface area contributed by atoms with Gasteiger partial charge in [-0.3, -0.25) is 9.69 Å². The lowest BCUT2D eigenvalue weighted by Crippen LogP contribution is -2.66. The van der Waals surface area contributed by atoms with Crippen molar-refractivity contribution in [1.82, 2.24) is 4.90 Å². The van der Waals surface area contributed by atoms with E-state index < -0.39 is 14.1 Å². The molecular formula is C21H35NO4Si. The van der Waals surface area contributed by atoms with Crippen molar-refractivity contribution in [3.8, 4) is 0 Å². The lowest BCUT2D eigenvalue weighted by molar-refractivity contribution is -0.271. The SMILES string of the molecule is CC/C=C/[C@@]12[C@@H]3C[C@H]4[C@@H]([C@H](C)C(=O)OCC)[C@@](O[Si](C)(C)C)(O3)[C@H]1CCN42. The summed E-state index contributed by atoms with van der Waals surface area (Å²) in [7, 11) is -1.88. The van der Waals surface area contributed by atoms with E-state index in [1.165, 1.54) is 0 Å². The molecule has 5 rings (SSSR count). The third-order valence-corrected chi connectivity index (χ3v) is 7.99. The van der Waals surface area contributed by atoms with Gasteiger partial charge < -0.3 is 13.9 Å². The van der Waals surface area contributed by atoms with E-state index in [2.05, 4.69) is 43.6 Å². The summed E-state index contributed by atoms with van der Waals surface area (Å²) in [6, 6.07) is 0.333. The maximum absolute atomic E-state index is 12.7. The first-order valence-electron chi connectivity index (χ1n) is 10.7. The molecule has 0 aromatic rings.